The lowest BCUT2D eigenvalue weighted by molar-refractivity contribution is 0.191. The monoisotopic (exact) mass is 353 g/mol. The second-order valence-electron chi connectivity index (χ2n) is 6.55. The van der Waals surface area contributed by atoms with Gasteiger partial charge in [0.25, 0.3) is 0 Å². The number of nitrogens with one attached hydrogen (secondary N) is 2. The van der Waals surface area contributed by atoms with Gasteiger partial charge in [-0.2, -0.15) is 0 Å². The predicted molar refractivity (Wildman–Crippen MR) is 106 cm³/mol. The molecule has 0 aromatic carbocycles. The molecule has 5 nitrogen and oxygen atoms in total. The zero-order valence-electron chi connectivity index (χ0n) is 16.4. The quantitative estimate of drug-likeness (QED) is 0.529. The van der Waals surface area contributed by atoms with E-state index in [2.05, 4.69) is 67.1 Å². The highest BCUT2D eigenvalue weighted by Crippen LogP contribution is 2.16. The maximum absolute atomic E-state index is 4.48. The van der Waals surface area contributed by atoms with Crippen molar-refractivity contribution in [1.29, 1.82) is 0 Å². The molecule has 0 aliphatic heterocycles. The van der Waals surface area contributed by atoms with Crippen LogP contribution in [0, 0.1) is 19.8 Å². The Morgan fingerprint density at radius 3 is 2.33 bits per heavy atom. The van der Waals surface area contributed by atoms with Gasteiger partial charge < -0.3 is 10.6 Å². The summed E-state index contributed by atoms with van der Waals surface area (Å²) in [4.78, 5) is 12.6. The number of nitrogens with zero attached hydrogens (tertiary/aromatic N) is 3. The molecule has 0 spiro atoms. The molecule has 1 rings (SSSR count). The maximum Gasteiger partial charge on any atom is 0.191 e. The van der Waals surface area contributed by atoms with Crippen LogP contribution in [0.15, 0.2) is 4.99 Å². The summed E-state index contributed by atoms with van der Waals surface area (Å²) in [6.07, 6.45) is 1.19. The van der Waals surface area contributed by atoms with Gasteiger partial charge in [-0.15, -0.1) is 11.3 Å². The smallest absolute Gasteiger partial charge is 0.191 e. The largest absolute Gasteiger partial charge is 0.355 e. The van der Waals surface area contributed by atoms with Crippen LogP contribution in [-0.2, 0) is 6.54 Å². The van der Waals surface area contributed by atoms with Gasteiger partial charge in [0.05, 0.1) is 17.2 Å². The number of aryl methyl sites for hydroxylation is 2. The third-order valence-electron chi connectivity index (χ3n) is 4.22. The third-order valence-corrected chi connectivity index (χ3v) is 5.29. The molecule has 0 fully saturated rings. The molecule has 1 aromatic rings. The molecule has 1 unspecified atom stereocenters. The zero-order chi connectivity index (χ0) is 18.1. The molecule has 24 heavy (non-hydrogen) atoms. The summed E-state index contributed by atoms with van der Waals surface area (Å²) < 4.78 is 0. The van der Waals surface area contributed by atoms with Gasteiger partial charge in [-0.25, -0.2) is 4.98 Å². The lowest BCUT2D eigenvalue weighted by Crippen LogP contribution is -2.47. The molecule has 2 N–H and O–H groups in total. The molecule has 0 aliphatic carbocycles. The van der Waals surface area contributed by atoms with Crippen molar-refractivity contribution >= 4 is 17.3 Å². The molecular weight excluding hydrogens is 318 g/mol. The summed E-state index contributed by atoms with van der Waals surface area (Å²) in [5, 5.41) is 8.03. The standard InChI is InChI=1S/C18H35N5S/c1-8-23(9-2)16(10-13(3)4)11-20-18(19-7)21-12-17-14(5)22-15(6)24-17/h13,16H,8-12H2,1-7H3,(H2,19,20,21). The van der Waals surface area contributed by atoms with E-state index in [-0.39, 0.29) is 0 Å². The highest BCUT2D eigenvalue weighted by atomic mass is 32.1. The van der Waals surface area contributed by atoms with Gasteiger partial charge in [-0.1, -0.05) is 27.7 Å². The Kier molecular flexibility index (Phi) is 9.29. The van der Waals surface area contributed by atoms with Crippen molar-refractivity contribution in [2.75, 3.05) is 26.7 Å². The SMILES string of the molecule is CCN(CC)C(CNC(=NC)NCc1sc(C)nc1C)CC(C)C. The van der Waals surface area contributed by atoms with Gasteiger partial charge in [0.15, 0.2) is 5.96 Å². The van der Waals surface area contributed by atoms with E-state index in [0.717, 1.165) is 42.8 Å². The molecule has 0 saturated carbocycles. The van der Waals surface area contributed by atoms with Gasteiger partial charge >= 0.3 is 0 Å². The van der Waals surface area contributed by atoms with E-state index in [1.807, 2.05) is 7.05 Å². The molecule has 0 amide bonds. The van der Waals surface area contributed by atoms with E-state index in [9.17, 15) is 0 Å². The predicted octanol–water partition coefficient (Wildman–Crippen LogP) is 3.18. The first-order valence-electron chi connectivity index (χ1n) is 9.02. The summed E-state index contributed by atoms with van der Waals surface area (Å²) in [6.45, 7) is 17.0. The van der Waals surface area contributed by atoms with Crippen LogP contribution in [0.3, 0.4) is 0 Å². The fourth-order valence-corrected chi connectivity index (χ4v) is 3.86. The number of hydrogen-bond donors (Lipinski definition) is 2. The fraction of sp³-hybridized carbons (Fsp3) is 0.778. The number of likely N-dealkylation sites (N-methyl/N-ethyl adjacent to an activating group) is 1. The van der Waals surface area contributed by atoms with Crippen LogP contribution < -0.4 is 10.6 Å². The first kappa shape index (κ1) is 20.9. The van der Waals surface area contributed by atoms with Crippen LogP contribution >= 0.6 is 11.3 Å². The minimum Gasteiger partial charge on any atom is -0.355 e. The summed E-state index contributed by atoms with van der Waals surface area (Å²) in [5.41, 5.74) is 1.11. The Balaban J connectivity index is 2.57. The number of aromatic nitrogens is 1. The first-order valence-corrected chi connectivity index (χ1v) is 9.84. The van der Waals surface area contributed by atoms with Crippen molar-refractivity contribution in [1.82, 2.24) is 20.5 Å². The Morgan fingerprint density at radius 1 is 1.21 bits per heavy atom. The lowest BCUT2D eigenvalue weighted by Gasteiger charge is -2.31. The van der Waals surface area contributed by atoms with Crippen molar-refractivity contribution in [3.63, 3.8) is 0 Å². The van der Waals surface area contributed by atoms with Crippen LogP contribution in [-0.4, -0.2) is 48.6 Å². The molecule has 1 atom stereocenters. The van der Waals surface area contributed by atoms with Crippen LogP contribution in [0.1, 0.15) is 49.7 Å². The van der Waals surface area contributed by atoms with Crippen molar-refractivity contribution in [3.05, 3.63) is 15.6 Å². The fourth-order valence-electron chi connectivity index (χ4n) is 2.98. The maximum atomic E-state index is 4.48. The van der Waals surface area contributed by atoms with Gasteiger partial charge in [0.1, 0.15) is 0 Å². The van der Waals surface area contributed by atoms with Crippen LogP contribution in [0.2, 0.25) is 0 Å². The van der Waals surface area contributed by atoms with E-state index in [1.54, 1.807) is 11.3 Å². The highest BCUT2D eigenvalue weighted by Gasteiger charge is 2.17. The third kappa shape index (κ3) is 6.77. The average molecular weight is 354 g/mol. The Labute approximate surface area is 152 Å². The van der Waals surface area contributed by atoms with Crippen LogP contribution in [0.25, 0.3) is 0 Å². The molecule has 0 saturated heterocycles. The number of thiazole rings is 1. The van der Waals surface area contributed by atoms with E-state index in [0.29, 0.717) is 12.0 Å². The number of rotatable bonds is 9. The van der Waals surface area contributed by atoms with Gasteiger partial charge in [0, 0.05) is 24.5 Å². The lowest BCUT2D eigenvalue weighted by atomic mass is 10.0. The van der Waals surface area contributed by atoms with E-state index in [4.69, 9.17) is 0 Å². The minimum atomic E-state index is 0.533. The molecule has 138 valence electrons. The minimum absolute atomic E-state index is 0.533. The van der Waals surface area contributed by atoms with E-state index >= 15 is 0 Å². The second-order valence-corrected chi connectivity index (χ2v) is 7.84. The molecule has 1 aromatic heterocycles. The van der Waals surface area contributed by atoms with Crippen molar-refractivity contribution < 1.29 is 0 Å². The zero-order valence-corrected chi connectivity index (χ0v) is 17.3. The highest BCUT2D eigenvalue weighted by molar-refractivity contribution is 7.11. The van der Waals surface area contributed by atoms with E-state index < -0.39 is 0 Å². The van der Waals surface area contributed by atoms with Crippen LogP contribution in [0.4, 0.5) is 0 Å². The van der Waals surface area contributed by atoms with Crippen LogP contribution in [0.5, 0.6) is 0 Å². The van der Waals surface area contributed by atoms with Gasteiger partial charge in [0.2, 0.25) is 0 Å². The van der Waals surface area contributed by atoms with Crippen molar-refractivity contribution in [3.8, 4) is 0 Å². The molecular formula is C18H35N5S. The van der Waals surface area contributed by atoms with Gasteiger partial charge in [-0.3, -0.25) is 9.89 Å². The molecule has 0 bridgehead atoms. The molecule has 0 aliphatic rings. The first-order chi connectivity index (χ1) is 11.4. The van der Waals surface area contributed by atoms with Crippen molar-refractivity contribution in [2.24, 2.45) is 10.9 Å². The Bertz CT molecular complexity index is 506. The number of guanidine groups is 1. The topological polar surface area (TPSA) is 52.5 Å². The number of aliphatic imine (C=N–C) groups is 1. The number of hydrogen-bond acceptors (Lipinski definition) is 4. The van der Waals surface area contributed by atoms with Gasteiger partial charge in [-0.05, 0) is 39.3 Å². The molecule has 6 heteroatoms. The Morgan fingerprint density at radius 2 is 1.88 bits per heavy atom. The summed E-state index contributed by atoms with van der Waals surface area (Å²) in [5.74, 6) is 1.55. The Hall–Kier alpha value is -1.14. The summed E-state index contributed by atoms with van der Waals surface area (Å²) in [6, 6.07) is 0.533. The van der Waals surface area contributed by atoms with Crippen molar-refractivity contribution in [2.45, 2.75) is 60.5 Å². The summed E-state index contributed by atoms with van der Waals surface area (Å²) in [7, 11) is 1.83. The average Bonchev–Trinajstić information content (AvgIpc) is 2.85. The van der Waals surface area contributed by atoms with E-state index in [1.165, 1.54) is 11.3 Å². The molecule has 0 radical (unpaired) electrons. The normalized spacial score (nSPS) is 13.6. The second kappa shape index (κ2) is 10.7. The summed E-state index contributed by atoms with van der Waals surface area (Å²) >= 11 is 1.75. The molecule has 1 heterocycles.